The van der Waals surface area contributed by atoms with Gasteiger partial charge >= 0.3 is 5.97 Å². The third kappa shape index (κ3) is 3.57. The minimum absolute atomic E-state index is 0.000541. The molecule has 3 aromatic carbocycles. The van der Waals surface area contributed by atoms with Gasteiger partial charge < -0.3 is 9.67 Å². The number of hydrogen-bond donors (Lipinski definition) is 1. The van der Waals surface area contributed by atoms with E-state index in [1.807, 2.05) is 47.2 Å². The van der Waals surface area contributed by atoms with Gasteiger partial charge in [0.2, 0.25) is 0 Å². The van der Waals surface area contributed by atoms with E-state index >= 15 is 0 Å². The largest absolute Gasteiger partial charge is 0.480 e. The lowest BCUT2D eigenvalue weighted by atomic mass is 9.98. The molecule has 162 valence electrons. The molecule has 0 aliphatic carbocycles. The van der Waals surface area contributed by atoms with Gasteiger partial charge in [-0.2, -0.15) is 0 Å². The summed E-state index contributed by atoms with van der Waals surface area (Å²) >= 11 is 1.74. The van der Waals surface area contributed by atoms with Crippen LogP contribution in [-0.2, 0) is 17.9 Å². The molecule has 6 rings (SSSR count). The van der Waals surface area contributed by atoms with Crippen molar-refractivity contribution in [1.29, 1.82) is 0 Å². The lowest BCUT2D eigenvalue weighted by Crippen LogP contribution is -2.19. The van der Waals surface area contributed by atoms with Gasteiger partial charge in [-0.05, 0) is 41.8 Å². The standard InChI is InChI=1S/C27H21N3O2S/c31-26(32)17-29-16-22(20-8-2-5-11-24(20)29)27-21-9-3-6-12-25(21)33-30(27)15-19-14-13-18-7-1-4-10-23(18)28-19/h1-14,16,27H,15,17H2,(H,31,32). The van der Waals surface area contributed by atoms with E-state index in [1.54, 1.807) is 11.9 Å². The summed E-state index contributed by atoms with van der Waals surface area (Å²) in [6.07, 6.45) is 2.01. The molecule has 6 heteroatoms. The lowest BCUT2D eigenvalue weighted by Gasteiger charge is -2.23. The summed E-state index contributed by atoms with van der Waals surface area (Å²) in [4.78, 5) is 17.6. The number of rotatable bonds is 5. The topological polar surface area (TPSA) is 58.4 Å². The van der Waals surface area contributed by atoms with Crippen molar-refractivity contribution < 1.29 is 9.90 Å². The zero-order valence-electron chi connectivity index (χ0n) is 17.8. The first-order valence-electron chi connectivity index (χ1n) is 10.8. The molecule has 1 aliphatic rings. The molecular weight excluding hydrogens is 430 g/mol. The fourth-order valence-corrected chi connectivity index (χ4v) is 5.90. The average molecular weight is 452 g/mol. The summed E-state index contributed by atoms with van der Waals surface area (Å²) in [6, 6.07) is 28.9. The first-order chi connectivity index (χ1) is 16.2. The summed E-state index contributed by atoms with van der Waals surface area (Å²) in [5.74, 6) is -0.847. The lowest BCUT2D eigenvalue weighted by molar-refractivity contribution is -0.137. The van der Waals surface area contributed by atoms with Crippen LogP contribution in [0.15, 0.2) is 96.0 Å². The van der Waals surface area contributed by atoms with Crippen LogP contribution in [0.4, 0.5) is 0 Å². The highest BCUT2D eigenvalue weighted by Crippen LogP contribution is 2.49. The molecule has 0 bridgehead atoms. The zero-order chi connectivity index (χ0) is 22.4. The van der Waals surface area contributed by atoms with Gasteiger partial charge in [-0.25, -0.2) is 4.31 Å². The molecule has 1 atom stereocenters. The predicted molar refractivity (Wildman–Crippen MR) is 131 cm³/mol. The van der Waals surface area contributed by atoms with Crippen LogP contribution in [0.5, 0.6) is 0 Å². The molecule has 0 fully saturated rings. The van der Waals surface area contributed by atoms with E-state index in [0.717, 1.165) is 33.1 Å². The van der Waals surface area contributed by atoms with E-state index in [0.29, 0.717) is 6.54 Å². The first-order valence-corrected chi connectivity index (χ1v) is 11.6. The highest BCUT2D eigenvalue weighted by molar-refractivity contribution is 7.97. The van der Waals surface area contributed by atoms with Gasteiger partial charge in [0.1, 0.15) is 6.54 Å². The number of para-hydroxylation sites is 2. The van der Waals surface area contributed by atoms with Crippen molar-refractivity contribution in [3.63, 3.8) is 0 Å². The zero-order valence-corrected chi connectivity index (χ0v) is 18.6. The molecule has 0 radical (unpaired) electrons. The van der Waals surface area contributed by atoms with Crippen molar-refractivity contribution in [2.24, 2.45) is 0 Å². The Hall–Kier alpha value is -3.61. The maximum absolute atomic E-state index is 11.5. The minimum Gasteiger partial charge on any atom is -0.480 e. The Morgan fingerprint density at radius 2 is 1.70 bits per heavy atom. The number of fused-ring (bicyclic) bond motifs is 3. The van der Waals surface area contributed by atoms with E-state index < -0.39 is 5.97 Å². The number of carbonyl (C=O) groups is 1. The van der Waals surface area contributed by atoms with E-state index in [-0.39, 0.29) is 12.6 Å². The van der Waals surface area contributed by atoms with Gasteiger partial charge in [0.05, 0.1) is 23.8 Å². The summed E-state index contributed by atoms with van der Waals surface area (Å²) in [5.41, 5.74) is 5.29. The predicted octanol–water partition coefficient (Wildman–Crippen LogP) is 5.89. The van der Waals surface area contributed by atoms with Crippen LogP contribution in [-0.4, -0.2) is 24.9 Å². The molecule has 5 aromatic rings. The van der Waals surface area contributed by atoms with E-state index in [9.17, 15) is 9.90 Å². The van der Waals surface area contributed by atoms with E-state index in [4.69, 9.17) is 4.98 Å². The summed E-state index contributed by atoms with van der Waals surface area (Å²) in [7, 11) is 0. The van der Waals surface area contributed by atoms with Gasteiger partial charge in [0.15, 0.2) is 0 Å². The normalized spacial score (nSPS) is 15.8. The fourth-order valence-electron chi connectivity index (χ4n) is 4.70. The maximum atomic E-state index is 11.5. The van der Waals surface area contributed by atoms with E-state index in [2.05, 4.69) is 52.8 Å². The number of aromatic nitrogens is 2. The van der Waals surface area contributed by atoms with Crippen LogP contribution in [0.3, 0.4) is 0 Å². The Kier molecular flexibility index (Phi) is 4.89. The minimum atomic E-state index is -0.847. The monoisotopic (exact) mass is 451 g/mol. The van der Waals surface area contributed by atoms with E-state index in [1.165, 1.54) is 10.5 Å². The second-order valence-corrected chi connectivity index (χ2v) is 9.32. The molecule has 0 saturated carbocycles. The molecule has 0 amide bonds. The molecule has 2 aromatic heterocycles. The van der Waals surface area contributed by atoms with Gasteiger partial charge in [0.25, 0.3) is 0 Å². The van der Waals surface area contributed by atoms with Crippen LogP contribution in [0.1, 0.15) is 22.9 Å². The number of aliphatic carboxylic acids is 1. The summed E-state index contributed by atoms with van der Waals surface area (Å²) < 4.78 is 4.19. The summed E-state index contributed by atoms with van der Waals surface area (Å²) in [5, 5.41) is 11.7. The third-order valence-electron chi connectivity index (χ3n) is 6.11. The SMILES string of the molecule is O=C(O)Cn1cc(C2c3ccccc3SN2Cc2ccc3ccccc3n2)c2ccccc21. The average Bonchev–Trinajstić information content (AvgIpc) is 3.36. The summed E-state index contributed by atoms with van der Waals surface area (Å²) in [6.45, 7) is 0.613. The number of pyridine rings is 1. The molecule has 5 nitrogen and oxygen atoms in total. The van der Waals surface area contributed by atoms with Crippen molar-refractivity contribution in [3.8, 4) is 0 Å². The van der Waals surface area contributed by atoms with Crippen molar-refractivity contribution in [2.75, 3.05) is 0 Å². The highest BCUT2D eigenvalue weighted by atomic mass is 32.2. The van der Waals surface area contributed by atoms with Crippen LogP contribution in [0.2, 0.25) is 0 Å². The number of carboxylic acid groups (broad SMARTS) is 1. The smallest absolute Gasteiger partial charge is 0.323 e. The Balaban J connectivity index is 1.46. The molecule has 3 heterocycles. The molecule has 1 unspecified atom stereocenters. The Bertz CT molecular complexity index is 1510. The van der Waals surface area contributed by atoms with Crippen molar-refractivity contribution >= 4 is 39.7 Å². The highest BCUT2D eigenvalue weighted by Gasteiger charge is 2.34. The van der Waals surface area contributed by atoms with Crippen LogP contribution >= 0.6 is 11.9 Å². The van der Waals surface area contributed by atoms with Crippen molar-refractivity contribution in [1.82, 2.24) is 13.9 Å². The first kappa shape index (κ1) is 20.0. The van der Waals surface area contributed by atoms with Crippen LogP contribution < -0.4 is 0 Å². The number of carboxylic acids is 1. The maximum Gasteiger partial charge on any atom is 0.323 e. The van der Waals surface area contributed by atoms with Gasteiger partial charge in [-0.15, -0.1) is 0 Å². The Morgan fingerprint density at radius 1 is 0.909 bits per heavy atom. The van der Waals surface area contributed by atoms with Gasteiger partial charge in [0, 0.05) is 32.9 Å². The fraction of sp³-hybridized carbons (Fsp3) is 0.111. The molecule has 0 spiro atoms. The second kappa shape index (κ2) is 8.06. The number of hydrogen-bond acceptors (Lipinski definition) is 4. The van der Waals surface area contributed by atoms with Crippen LogP contribution in [0.25, 0.3) is 21.8 Å². The van der Waals surface area contributed by atoms with Gasteiger partial charge in [-0.3, -0.25) is 9.78 Å². The van der Waals surface area contributed by atoms with Crippen molar-refractivity contribution in [3.05, 3.63) is 108 Å². The Labute approximate surface area is 195 Å². The number of nitrogens with zero attached hydrogens (tertiary/aromatic N) is 3. The quantitative estimate of drug-likeness (QED) is 0.338. The second-order valence-electron chi connectivity index (χ2n) is 8.23. The number of benzene rings is 3. The molecular formula is C27H21N3O2S. The van der Waals surface area contributed by atoms with Gasteiger partial charge in [-0.1, -0.05) is 60.7 Å². The molecule has 1 N–H and O–H groups in total. The van der Waals surface area contributed by atoms with Crippen LogP contribution in [0, 0.1) is 0 Å². The molecule has 1 aliphatic heterocycles. The molecule has 0 saturated heterocycles. The third-order valence-corrected chi connectivity index (χ3v) is 7.25. The van der Waals surface area contributed by atoms with Crippen molar-refractivity contribution in [2.45, 2.75) is 24.0 Å². The molecule has 33 heavy (non-hydrogen) atoms. The Morgan fingerprint density at radius 3 is 2.61 bits per heavy atom.